The van der Waals surface area contributed by atoms with Gasteiger partial charge in [0.25, 0.3) is 0 Å². The maximum Gasteiger partial charge on any atom is 0.244 e. The van der Waals surface area contributed by atoms with Crippen LogP contribution in [0.5, 0.6) is 0 Å². The third-order valence-corrected chi connectivity index (χ3v) is 6.15. The summed E-state index contributed by atoms with van der Waals surface area (Å²) < 4.78 is 32.0. The lowest BCUT2D eigenvalue weighted by Crippen LogP contribution is -2.48. The maximum absolute atomic E-state index is 12.6. The van der Waals surface area contributed by atoms with Crippen molar-refractivity contribution in [3.05, 3.63) is 29.3 Å². The number of Topliss-reactive ketones (excluding diaryl/α,β-unsaturated/α-hetero) is 1. The van der Waals surface area contributed by atoms with E-state index < -0.39 is 16.1 Å². The van der Waals surface area contributed by atoms with Gasteiger partial charge in [-0.3, -0.25) is 4.79 Å². The minimum Gasteiger partial charge on any atom is -0.368 e. The van der Waals surface area contributed by atoms with Gasteiger partial charge in [-0.25, -0.2) is 8.42 Å². The second kappa shape index (κ2) is 5.68. The molecule has 2 fully saturated rings. The molecular weight excluding hydrogens is 314 g/mol. The van der Waals surface area contributed by atoms with Crippen LogP contribution in [0.1, 0.15) is 12.8 Å². The summed E-state index contributed by atoms with van der Waals surface area (Å²) >= 11 is 5.98. The molecule has 7 heteroatoms. The molecule has 0 unspecified atom stereocenters. The molecule has 5 nitrogen and oxygen atoms in total. The first-order chi connectivity index (χ1) is 10.00. The van der Waals surface area contributed by atoms with E-state index in [1.165, 1.54) is 10.4 Å². The Morgan fingerprint density at radius 1 is 1.29 bits per heavy atom. The standard InChI is InChI=1S/C14H16ClNO4S/c15-11-3-1-2-4-13(11)21(18,19)16-7-8-20-12(9-16)14(17)10-5-6-10/h1-4,10,12H,5-9H2/t12-/m0/s1. The molecule has 3 rings (SSSR count). The van der Waals surface area contributed by atoms with Crippen LogP contribution in [0.3, 0.4) is 0 Å². The minimum absolute atomic E-state index is 0.0223. The predicted molar refractivity (Wildman–Crippen MR) is 77.7 cm³/mol. The van der Waals surface area contributed by atoms with E-state index in [1.807, 2.05) is 0 Å². The zero-order valence-electron chi connectivity index (χ0n) is 11.4. The van der Waals surface area contributed by atoms with E-state index in [9.17, 15) is 13.2 Å². The van der Waals surface area contributed by atoms with Gasteiger partial charge in [0.05, 0.1) is 11.6 Å². The molecule has 1 saturated carbocycles. The number of hydrogen-bond acceptors (Lipinski definition) is 4. The molecule has 21 heavy (non-hydrogen) atoms. The van der Waals surface area contributed by atoms with Crippen LogP contribution in [0.15, 0.2) is 29.2 Å². The van der Waals surface area contributed by atoms with Crippen LogP contribution in [0, 0.1) is 5.92 Å². The number of ether oxygens (including phenoxy) is 1. The van der Waals surface area contributed by atoms with Crippen molar-refractivity contribution in [2.75, 3.05) is 19.7 Å². The van der Waals surface area contributed by atoms with Crippen molar-refractivity contribution in [3.63, 3.8) is 0 Å². The zero-order chi connectivity index (χ0) is 15.0. The molecule has 0 N–H and O–H groups in total. The van der Waals surface area contributed by atoms with Crippen molar-refractivity contribution >= 4 is 27.4 Å². The van der Waals surface area contributed by atoms with Crippen molar-refractivity contribution in [1.29, 1.82) is 0 Å². The molecule has 114 valence electrons. The Hall–Kier alpha value is -0.950. The SMILES string of the molecule is O=C(C1CC1)[C@@H]1CN(S(=O)(=O)c2ccccc2Cl)CCO1. The number of morpholine rings is 1. The molecule has 0 aromatic heterocycles. The first kappa shape index (κ1) is 15.0. The fourth-order valence-corrected chi connectivity index (χ4v) is 4.36. The topological polar surface area (TPSA) is 63.7 Å². The van der Waals surface area contributed by atoms with Crippen molar-refractivity contribution in [2.24, 2.45) is 5.92 Å². The van der Waals surface area contributed by atoms with Crippen molar-refractivity contribution < 1.29 is 17.9 Å². The van der Waals surface area contributed by atoms with Crippen molar-refractivity contribution in [3.8, 4) is 0 Å². The number of benzene rings is 1. The Morgan fingerprint density at radius 2 is 2.00 bits per heavy atom. The number of ketones is 1. The molecular formula is C14H16ClNO4S. The summed E-state index contributed by atoms with van der Waals surface area (Å²) in [5.74, 6) is 0.0759. The van der Waals surface area contributed by atoms with Gasteiger partial charge in [0, 0.05) is 19.0 Å². The largest absolute Gasteiger partial charge is 0.368 e. The maximum atomic E-state index is 12.6. The normalized spacial score (nSPS) is 24.0. The van der Waals surface area contributed by atoms with E-state index in [-0.39, 0.29) is 41.3 Å². The molecule has 1 heterocycles. The highest BCUT2D eigenvalue weighted by molar-refractivity contribution is 7.89. The third-order valence-electron chi connectivity index (χ3n) is 3.78. The first-order valence-corrected chi connectivity index (χ1v) is 8.72. The molecule has 2 aliphatic rings. The molecule has 0 bridgehead atoms. The number of carbonyl (C=O) groups is 1. The second-order valence-electron chi connectivity index (χ2n) is 5.33. The third kappa shape index (κ3) is 2.99. The highest BCUT2D eigenvalue weighted by atomic mass is 35.5. The molecule has 0 radical (unpaired) electrons. The zero-order valence-corrected chi connectivity index (χ0v) is 12.9. The summed E-state index contributed by atoms with van der Waals surface area (Å²) in [6.07, 6.45) is 1.12. The number of sulfonamides is 1. The van der Waals surface area contributed by atoms with E-state index in [0.29, 0.717) is 0 Å². The van der Waals surface area contributed by atoms with Crippen LogP contribution < -0.4 is 0 Å². The van der Waals surface area contributed by atoms with Crippen LogP contribution in [0.2, 0.25) is 5.02 Å². The number of nitrogens with zero attached hydrogens (tertiary/aromatic N) is 1. The lowest BCUT2D eigenvalue weighted by atomic mass is 10.1. The fourth-order valence-electron chi connectivity index (χ4n) is 2.44. The minimum atomic E-state index is -3.70. The number of rotatable bonds is 4. The van der Waals surface area contributed by atoms with Gasteiger partial charge in [-0.15, -0.1) is 0 Å². The molecule has 1 aliphatic carbocycles. The lowest BCUT2D eigenvalue weighted by Gasteiger charge is -2.31. The van der Waals surface area contributed by atoms with Gasteiger partial charge >= 0.3 is 0 Å². The van der Waals surface area contributed by atoms with Gasteiger partial charge in [-0.2, -0.15) is 4.31 Å². The summed E-state index contributed by atoms with van der Waals surface area (Å²) in [5, 5.41) is 0.189. The van der Waals surface area contributed by atoms with E-state index in [2.05, 4.69) is 0 Å². The van der Waals surface area contributed by atoms with Crippen LogP contribution in [0.4, 0.5) is 0 Å². The van der Waals surface area contributed by atoms with Crippen LogP contribution in [-0.4, -0.2) is 44.3 Å². The Kier molecular flexibility index (Phi) is 4.05. The summed E-state index contributed by atoms with van der Waals surface area (Å²) in [6, 6.07) is 6.33. The van der Waals surface area contributed by atoms with Gasteiger partial charge in [0.15, 0.2) is 5.78 Å². The Morgan fingerprint density at radius 3 is 2.67 bits per heavy atom. The van der Waals surface area contributed by atoms with Gasteiger partial charge in [-0.05, 0) is 25.0 Å². The average molecular weight is 330 g/mol. The highest BCUT2D eigenvalue weighted by Crippen LogP contribution is 2.33. The summed E-state index contributed by atoms with van der Waals surface area (Å²) in [7, 11) is -3.70. The summed E-state index contributed by atoms with van der Waals surface area (Å²) in [6.45, 7) is 0.539. The van der Waals surface area contributed by atoms with Crippen LogP contribution in [-0.2, 0) is 19.6 Å². The molecule has 1 aromatic rings. The van der Waals surface area contributed by atoms with E-state index in [4.69, 9.17) is 16.3 Å². The molecule has 1 atom stereocenters. The van der Waals surface area contributed by atoms with Gasteiger partial charge in [0.2, 0.25) is 10.0 Å². The molecule has 1 aliphatic heterocycles. The highest BCUT2D eigenvalue weighted by Gasteiger charge is 2.40. The van der Waals surface area contributed by atoms with E-state index in [1.54, 1.807) is 18.2 Å². The number of carbonyl (C=O) groups excluding carboxylic acids is 1. The summed E-state index contributed by atoms with van der Waals surface area (Å²) in [4.78, 5) is 12.1. The van der Waals surface area contributed by atoms with E-state index in [0.717, 1.165) is 12.8 Å². The monoisotopic (exact) mass is 329 g/mol. The summed E-state index contributed by atoms with van der Waals surface area (Å²) in [5.41, 5.74) is 0. The smallest absolute Gasteiger partial charge is 0.244 e. The van der Waals surface area contributed by atoms with E-state index >= 15 is 0 Å². The first-order valence-electron chi connectivity index (χ1n) is 6.90. The van der Waals surface area contributed by atoms with Crippen LogP contribution in [0.25, 0.3) is 0 Å². The van der Waals surface area contributed by atoms with Crippen LogP contribution >= 0.6 is 11.6 Å². The lowest BCUT2D eigenvalue weighted by molar-refractivity contribution is -0.135. The van der Waals surface area contributed by atoms with Crippen molar-refractivity contribution in [2.45, 2.75) is 23.8 Å². The molecule has 0 spiro atoms. The van der Waals surface area contributed by atoms with Gasteiger partial charge in [0.1, 0.15) is 11.0 Å². The van der Waals surface area contributed by atoms with Gasteiger partial charge < -0.3 is 4.74 Å². The van der Waals surface area contributed by atoms with Gasteiger partial charge in [-0.1, -0.05) is 23.7 Å². The second-order valence-corrected chi connectivity index (χ2v) is 7.64. The Labute approximate surface area is 128 Å². The molecule has 0 amide bonds. The quantitative estimate of drug-likeness (QED) is 0.843. The molecule has 1 aromatic carbocycles. The Balaban J connectivity index is 1.82. The molecule has 1 saturated heterocycles. The predicted octanol–water partition coefficient (Wildman–Crippen LogP) is 1.71. The average Bonchev–Trinajstić information content (AvgIpc) is 3.31. The number of halogens is 1. The number of hydrogen-bond donors (Lipinski definition) is 0. The fraction of sp³-hybridized carbons (Fsp3) is 0.500. The Bertz CT molecular complexity index is 657. The van der Waals surface area contributed by atoms with Crippen molar-refractivity contribution in [1.82, 2.24) is 4.31 Å².